The Labute approximate surface area is 209 Å². The van der Waals surface area contributed by atoms with Crippen LogP contribution in [0.1, 0.15) is 28.8 Å². The maximum atomic E-state index is 13.4. The molecule has 1 fully saturated rings. The highest BCUT2D eigenvalue weighted by atomic mass is 16.7. The van der Waals surface area contributed by atoms with Gasteiger partial charge in [0.05, 0.1) is 12.3 Å². The standard InChI is InChI=1S/C28H27N3O5/c1-34-30-23-14-24(15-27(32)29-16-19-7-12-25-26(13-19)36-18-35-25)31(17-23)28(33)22-10-8-21(9-11-22)20-5-3-2-4-6-20/h2-13,24H,14-18H2,1H3,(H,29,32)/t24-/m0/s1. The first-order chi connectivity index (χ1) is 17.6. The van der Waals surface area contributed by atoms with Crippen molar-refractivity contribution in [1.82, 2.24) is 10.2 Å². The number of hydrogen-bond acceptors (Lipinski definition) is 6. The lowest BCUT2D eigenvalue weighted by atomic mass is 10.0. The van der Waals surface area contributed by atoms with E-state index in [-0.39, 0.29) is 31.1 Å². The molecule has 0 aliphatic carbocycles. The van der Waals surface area contributed by atoms with Gasteiger partial charge in [0.25, 0.3) is 5.91 Å². The number of rotatable bonds is 7. The number of nitrogens with one attached hydrogen (secondary N) is 1. The zero-order chi connectivity index (χ0) is 24.9. The van der Waals surface area contributed by atoms with E-state index in [1.54, 1.807) is 4.90 Å². The highest BCUT2D eigenvalue weighted by molar-refractivity contribution is 6.01. The van der Waals surface area contributed by atoms with Crippen LogP contribution in [0.25, 0.3) is 11.1 Å². The monoisotopic (exact) mass is 485 g/mol. The molecule has 2 aliphatic heterocycles. The number of amides is 2. The van der Waals surface area contributed by atoms with Gasteiger partial charge in [-0.1, -0.05) is 53.7 Å². The van der Waals surface area contributed by atoms with E-state index in [0.29, 0.717) is 36.6 Å². The molecule has 3 aromatic carbocycles. The minimum atomic E-state index is -0.308. The van der Waals surface area contributed by atoms with Gasteiger partial charge < -0.3 is 24.5 Å². The summed E-state index contributed by atoms with van der Waals surface area (Å²) in [7, 11) is 1.48. The summed E-state index contributed by atoms with van der Waals surface area (Å²) in [5.74, 6) is 1.10. The van der Waals surface area contributed by atoms with Gasteiger partial charge in [0.15, 0.2) is 11.5 Å². The highest BCUT2D eigenvalue weighted by Gasteiger charge is 2.35. The Hall–Kier alpha value is -4.33. The van der Waals surface area contributed by atoms with Crippen molar-refractivity contribution >= 4 is 17.5 Å². The van der Waals surface area contributed by atoms with E-state index in [1.807, 2.05) is 72.8 Å². The predicted molar refractivity (Wildman–Crippen MR) is 135 cm³/mol. The third-order valence-corrected chi connectivity index (χ3v) is 6.33. The summed E-state index contributed by atoms with van der Waals surface area (Å²) in [5.41, 5.74) is 4.34. The van der Waals surface area contributed by atoms with Gasteiger partial charge in [-0.3, -0.25) is 9.59 Å². The van der Waals surface area contributed by atoms with Crippen LogP contribution in [-0.2, 0) is 16.2 Å². The Morgan fingerprint density at radius 3 is 2.53 bits per heavy atom. The molecular formula is C28H27N3O5. The number of likely N-dealkylation sites (tertiary alicyclic amines) is 1. The first-order valence-electron chi connectivity index (χ1n) is 11.8. The fraction of sp³-hybridized carbons (Fsp3) is 0.250. The van der Waals surface area contributed by atoms with Gasteiger partial charge >= 0.3 is 0 Å². The normalized spacial score (nSPS) is 17.3. The number of benzene rings is 3. The molecule has 184 valence electrons. The molecule has 8 nitrogen and oxygen atoms in total. The zero-order valence-corrected chi connectivity index (χ0v) is 20.0. The fourth-order valence-corrected chi connectivity index (χ4v) is 4.53. The summed E-state index contributed by atoms with van der Waals surface area (Å²) in [5, 5.41) is 7.00. The van der Waals surface area contributed by atoms with E-state index in [1.165, 1.54) is 7.11 Å². The van der Waals surface area contributed by atoms with Crippen molar-refractivity contribution in [2.75, 3.05) is 20.4 Å². The Morgan fingerprint density at radius 1 is 1.00 bits per heavy atom. The maximum absolute atomic E-state index is 13.4. The number of oxime groups is 1. The molecule has 0 unspecified atom stereocenters. The second kappa shape index (κ2) is 10.5. The molecular weight excluding hydrogens is 458 g/mol. The summed E-state index contributed by atoms with van der Waals surface area (Å²) in [6.07, 6.45) is 0.653. The highest BCUT2D eigenvalue weighted by Crippen LogP contribution is 2.32. The fourth-order valence-electron chi connectivity index (χ4n) is 4.53. The van der Waals surface area contributed by atoms with E-state index < -0.39 is 0 Å². The quantitative estimate of drug-likeness (QED) is 0.511. The molecule has 1 saturated heterocycles. The number of hydrogen-bond donors (Lipinski definition) is 1. The Morgan fingerprint density at radius 2 is 1.75 bits per heavy atom. The molecule has 2 amide bonds. The minimum Gasteiger partial charge on any atom is -0.454 e. The molecule has 1 N–H and O–H groups in total. The Balaban J connectivity index is 1.25. The van der Waals surface area contributed by atoms with Crippen molar-refractivity contribution in [3.8, 4) is 22.6 Å². The van der Waals surface area contributed by atoms with Crippen molar-refractivity contribution in [3.63, 3.8) is 0 Å². The van der Waals surface area contributed by atoms with Crippen LogP contribution in [0.2, 0.25) is 0 Å². The number of carbonyl (C=O) groups is 2. The number of fused-ring (bicyclic) bond motifs is 1. The maximum Gasteiger partial charge on any atom is 0.254 e. The van der Waals surface area contributed by atoms with Crippen molar-refractivity contribution in [3.05, 3.63) is 83.9 Å². The van der Waals surface area contributed by atoms with Gasteiger partial charge in [0.1, 0.15) is 7.11 Å². The van der Waals surface area contributed by atoms with Gasteiger partial charge in [-0.05, 0) is 41.0 Å². The van der Waals surface area contributed by atoms with Crippen LogP contribution in [-0.4, -0.2) is 48.9 Å². The van der Waals surface area contributed by atoms with Gasteiger partial charge in [-0.2, -0.15) is 0 Å². The SMILES string of the molecule is CON=C1C[C@@H](CC(=O)NCc2ccc3c(c2)OCO3)N(C(=O)c2ccc(-c3ccccc3)cc2)C1. The Kier molecular flexibility index (Phi) is 6.84. The number of carbonyl (C=O) groups excluding carboxylic acids is 2. The van der Waals surface area contributed by atoms with Crippen molar-refractivity contribution in [1.29, 1.82) is 0 Å². The van der Waals surface area contributed by atoms with Crippen molar-refractivity contribution in [2.24, 2.45) is 5.16 Å². The zero-order valence-electron chi connectivity index (χ0n) is 20.0. The topological polar surface area (TPSA) is 89.5 Å². The van der Waals surface area contributed by atoms with Crippen LogP contribution in [0.5, 0.6) is 11.5 Å². The van der Waals surface area contributed by atoms with E-state index >= 15 is 0 Å². The number of ether oxygens (including phenoxy) is 2. The summed E-state index contributed by atoms with van der Waals surface area (Å²) in [6.45, 7) is 0.889. The minimum absolute atomic E-state index is 0.135. The van der Waals surface area contributed by atoms with Crippen LogP contribution < -0.4 is 14.8 Å². The molecule has 0 spiro atoms. The van der Waals surface area contributed by atoms with Crippen LogP contribution in [0.3, 0.4) is 0 Å². The molecule has 36 heavy (non-hydrogen) atoms. The molecule has 0 saturated carbocycles. The van der Waals surface area contributed by atoms with Crippen molar-refractivity contribution in [2.45, 2.75) is 25.4 Å². The van der Waals surface area contributed by atoms with Crippen LogP contribution in [0.4, 0.5) is 0 Å². The molecule has 3 aromatic rings. The largest absolute Gasteiger partial charge is 0.454 e. The molecule has 8 heteroatoms. The van der Waals surface area contributed by atoms with Crippen LogP contribution in [0.15, 0.2) is 78.0 Å². The summed E-state index contributed by atoms with van der Waals surface area (Å²) < 4.78 is 10.7. The average molecular weight is 486 g/mol. The molecule has 1 atom stereocenters. The van der Waals surface area contributed by atoms with Gasteiger partial charge in [-0.15, -0.1) is 0 Å². The van der Waals surface area contributed by atoms with Gasteiger partial charge in [0.2, 0.25) is 12.7 Å². The summed E-state index contributed by atoms with van der Waals surface area (Å²) in [6, 6.07) is 22.8. The lowest BCUT2D eigenvalue weighted by molar-refractivity contribution is -0.122. The van der Waals surface area contributed by atoms with Gasteiger partial charge in [-0.25, -0.2) is 0 Å². The van der Waals surface area contributed by atoms with E-state index in [2.05, 4.69) is 10.5 Å². The van der Waals surface area contributed by atoms with Gasteiger partial charge in [0, 0.05) is 31.0 Å². The first-order valence-corrected chi connectivity index (χ1v) is 11.8. The molecule has 2 aliphatic rings. The summed E-state index contributed by atoms with van der Waals surface area (Å²) in [4.78, 5) is 32.8. The van der Waals surface area contributed by atoms with Crippen LogP contribution >= 0.6 is 0 Å². The molecule has 5 rings (SSSR count). The third kappa shape index (κ3) is 5.17. The van der Waals surface area contributed by atoms with E-state index in [4.69, 9.17) is 14.3 Å². The van der Waals surface area contributed by atoms with E-state index in [0.717, 1.165) is 22.4 Å². The Bertz CT molecular complexity index is 1270. The third-order valence-electron chi connectivity index (χ3n) is 6.33. The van der Waals surface area contributed by atoms with Crippen LogP contribution in [0, 0.1) is 0 Å². The van der Waals surface area contributed by atoms with Crippen molar-refractivity contribution < 1.29 is 23.9 Å². The number of nitrogens with zero attached hydrogens (tertiary/aromatic N) is 2. The summed E-state index contributed by atoms with van der Waals surface area (Å²) >= 11 is 0. The lowest BCUT2D eigenvalue weighted by Crippen LogP contribution is -2.39. The predicted octanol–water partition coefficient (Wildman–Crippen LogP) is 4.01. The second-order valence-electron chi connectivity index (χ2n) is 8.74. The smallest absolute Gasteiger partial charge is 0.254 e. The molecule has 0 radical (unpaired) electrons. The molecule has 0 bridgehead atoms. The van der Waals surface area contributed by atoms with E-state index in [9.17, 15) is 9.59 Å². The molecule has 2 heterocycles. The molecule has 0 aromatic heterocycles. The lowest BCUT2D eigenvalue weighted by Gasteiger charge is -2.24. The second-order valence-corrected chi connectivity index (χ2v) is 8.74. The average Bonchev–Trinajstić information content (AvgIpc) is 3.54. The first kappa shape index (κ1) is 23.4.